The average Bonchev–Trinajstić information content (AvgIpc) is 3.04. The average molecular weight is 400 g/mol. The van der Waals surface area contributed by atoms with Gasteiger partial charge in [-0.1, -0.05) is 25.1 Å². The van der Waals surface area contributed by atoms with Crippen LogP contribution < -0.4 is 16.1 Å². The third-order valence-electron chi connectivity index (χ3n) is 5.99. The van der Waals surface area contributed by atoms with E-state index in [2.05, 4.69) is 11.9 Å². The Morgan fingerprint density at radius 1 is 1.21 bits per heavy atom. The van der Waals surface area contributed by atoms with Crippen LogP contribution in [-0.2, 0) is 27.2 Å². The Bertz CT molecular complexity index is 1180. The normalized spacial score (nSPS) is 19.7. The zero-order chi connectivity index (χ0) is 20.7. The van der Waals surface area contributed by atoms with Crippen LogP contribution in [0, 0.1) is 11.7 Å². The third-order valence-corrected chi connectivity index (χ3v) is 5.99. The van der Waals surface area contributed by atoms with Crippen LogP contribution in [0.2, 0.25) is 0 Å². The predicted octanol–water partition coefficient (Wildman–Crippen LogP) is 0.436. The van der Waals surface area contributed by atoms with Crippen molar-refractivity contribution in [3.05, 3.63) is 62.3 Å². The second-order valence-corrected chi connectivity index (χ2v) is 8.21. The number of imidazole rings is 1. The van der Waals surface area contributed by atoms with Gasteiger partial charge in [0.2, 0.25) is 0 Å². The van der Waals surface area contributed by atoms with Gasteiger partial charge in [-0.2, -0.15) is 0 Å². The Morgan fingerprint density at radius 3 is 2.69 bits per heavy atom. The lowest BCUT2D eigenvalue weighted by Gasteiger charge is -2.27. The van der Waals surface area contributed by atoms with Crippen molar-refractivity contribution in [2.75, 3.05) is 13.1 Å². The van der Waals surface area contributed by atoms with E-state index in [0.29, 0.717) is 35.0 Å². The number of likely N-dealkylation sites (tertiary alicyclic amines) is 1. The maximum absolute atomic E-state index is 14.4. The van der Waals surface area contributed by atoms with Crippen LogP contribution in [-0.4, -0.2) is 31.8 Å². The molecule has 7 nitrogen and oxygen atoms in total. The lowest BCUT2D eigenvalue weighted by molar-refractivity contribution is -0.922. The lowest BCUT2D eigenvalue weighted by Crippen LogP contribution is -3.12. The standard InChI is InChI=1S/C21H26FN5O2/c1-14-7-6-10-26(11-14)13-17-23-19-18(20(28)25(3)21(29)24(19)2)27(17)12-15-8-4-5-9-16(15)22/h4-5,8-9,14H,6-7,10-13H2,1-3H3/p+1/t14-/m1/s1. The number of hydrogen-bond acceptors (Lipinski definition) is 3. The van der Waals surface area contributed by atoms with Crippen LogP contribution in [0.4, 0.5) is 4.39 Å². The highest BCUT2D eigenvalue weighted by Crippen LogP contribution is 2.16. The van der Waals surface area contributed by atoms with E-state index in [4.69, 9.17) is 0 Å². The van der Waals surface area contributed by atoms with Gasteiger partial charge in [0, 0.05) is 25.6 Å². The number of aryl methyl sites for hydroxylation is 1. The molecule has 4 rings (SSSR count). The fourth-order valence-corrected chi connectivity index (χ4v) is 4.38. The number of hydrogen-bond donors (Lipinski definition) is 1. The molecule has 0 radical (unpaired) electrons. The van der Waals surface area contributed by atoms with Crippen LogP contribution in [0.5, 0.6) is 0 Å². The molecular weight excluding hydrogens is 373 g/mol. The van der Waals surface area contributed by atoms with Crippen LogP contribution in [0.15, 0.2) is 33.9 Å². The highest BCUT2D eigenvalue weighted by molar-refractivity contribution is 5.71. The van der Waals surface area contributed by atoms with E-state index in [-0.39, 0.29) is 12.4 Å². The Balaban J connectivity index is 1.88. The summed E-state index contributed by atoms with van der Waals surface area (Å²) in [6.07, 6.45) is 2.38. The van der Waals surface area contributed by atoms with Crippen molar-refractivity contribution in [1.82, 2.24) is 18.7 Å². The van der Waals surface area contributed by atoms with Gasteiger partial charge in [0.15, 0.2) is 17.0 Å². The number of benzene rings is 1. The monoisotopic (exact) mass is 400 g/mol. The van der Waals surface area contributed by atoms with Gasteiger partial charge in [0.25, 0.3) is 5.56 Å². The molecule has 2 aromatic heterocycles. The minimum atomic E-state index is -0.413. The predicted molar refractivity (Wildman–Crippen MR) is 109 cm³/mol. The molecule has 154 valence electrons. The van der Waals surface area contributed by atoms with E-state index >= 15 is 0 Å². The number of nitrogens with zero attached hydrogens (tertiary/aromatic N) is 4. The van der Waals surface area contributed by atoms with Gasteiger partial charge < -0.3 is 9.47 Å². The minimum absolute atomic E-state index is 0.203. The first-order valence-corrected chi connectivity index (χ1v) is 10.1. The van der Waals surface area contributed by atoms with Gasteiger partial charge in [-0.3, -0.25) is 13.9 Å². The molecule has 0 amide bonds. The molecule has 1 aliphatic rings. The van der Waals surface area contributed by atoms with Crippen molar-refractivity contribution in [3.8, 4) is 0 Å². The van der Waals surface area contributed by atoms with E-state index in [9.17, 15) is 14.0 Å². The summed E-state index contributed by atoms with van der Waals surface area (Å²) in [6.45, 7) is 5.19. The molecule has 1 N–H and O–H groups in total. The highest BCUT2D eigenvalue weighted by atomic mass is 19.1. The molecule has 0 spiro atoms. The molecule has 1 aromatic carbocycles. The van der Waals surface area contributed by atoms with Crippen LogP contribution in [0.25, 0.3) is 11.2 Å². The first-order valence-electron chi connectivity index (χ1n) is 10.1. The first kappa shape index (κ1) is 19.6. The van der Waals surface area contributed by atoms with Crippen molar-refractivity contribution in [1.29, 1.82) is 0 Å². The molecule has 1 saturated heterocycles. The van der Waals surface area contributed by atoms with Crippen LogP contribution in [0.3, 0.4) is 0 Å². The number of nitrogens with one attached hydrogen (secondary N) is 1. The Kier molecular flexibility index (Phi) is 5.12. The van der Waals surface area contributed by atoms with Crippen molar-refractivity contribution in [3.63, 3.8) is 0 Å². The summed E-state index contributed by atoms with van der Waals surface area (Å²) in [4.78, 5) is 31.4. The fourth-order valence-electron chi connectivity index (χ4n) is 4.38. The second-order valence-electron chi connectivity index (χ2n) is 8.21. The van der Waals surface area contributed by atoms with E-state index in [1.165, 1.54) is 29.0 Å². The van der Waals surface area contributed by atoms with Gasteiger partial charge in [-0.25, -0.2) is 14.2 Å². The lowest BCUT2D eigenvalue weighted by atomic mass is 10.0. The summed E-state index contributed by atoms with van der Waals surface area (Å²) in [5, 5.41) is 0. The van der Waals surface area contributed by atoms with E-state index in [1.807, 2.05) is 0 Å². The molecular formula is C21H27FN5O2+. The van der Waals surface area contributed by atoms with Gasteiger partial charge >= 0.3 is 5.69 Å². The smallest absolute Gasteiger partial charge is 0.328 e. The maximum Gasteiger partial charge on any atom is 0.332 e. The van der Waals surface area contributed by atoms with Crippen LogP contribution >= 0.6 is 0 Å². The third kappa shape index (κ3) is 3.53. The van der Waals surface area contributed by atoms with Gasteiger partial charge in [-0.05, 0) is 18.9 Å². The number of quaternary nitrogens is 1. The van der Waals surface area contributed by atoms with E-state index in [1.54, 1.807) is 29.8 Å². The molecule has 0 saturated carbocycles. The molecule has 8 heteroatoms. The van der Waals surface area contributed by atoms with Crippen molar-refractivity contribution in [2.45, 2.75) is 32.9 Å². The molecule has 29 heavy (non-hydrogen) atoms. The summed E-state index contributed by atoms with van der Waals surface area (Å²) in [5.74, 6) is 1.03. The molecule has 3 heterocycles. The van der Waals surface area contributed by atoms with Gasteiger partial charge in [0.05, 0.1) is 19.6 Å². The summed E-state index contributed by atoms with van der Waals surface area (Å²) in [5.41, 5.74) is 0.376. The first-order chi connectivity index (χ1) is 13.9. The summed E-state index contributed by atoms with van der Waals surface area (Å²) in [6, 6.07) is 6.56. The second kappa shape index (κ2) is 7.59. The number of piperidine rings is 1. The molecule has 0 aliphatic carbocycles. The Hall–Kier alpha value is -2.74. The van der Waals surface area contributed by atoms with E-state index in [0.717, 1.165) is 24.1 Å². The van der Waals surface area contributed by atoms with Crippen molar-refractivity contribution >= 4 is 11.2 Å². The number of aromatic nitrogens is 4. The summed E-state index contributed by atoms with van der Waals surface area (Å²) >= 11 is 0. The van der Waals surface area contributed by atoms with Gasteiger partial charge in [-0.15, -0.1) is 0 Å². The number of halogens is 1. The highest BCUT2D eigenvalue weighted by Gasteiger charge is 2.25. The Labute approximate surface area is 168 Å². The van der Waals surface area contributed by atoms with Crippen LogP contribution in [0.1, 0.15) is 31.2 Å². The quantitative estimate of drug-likeness (QED) is 0.691. The Morgan fingerprint density at radius 2 is 1.97 bits per heavy atom. The molecule has 1 unspecified atom stereocenters. The molecule has 1 fully saturated rings. The SMILES string of the molecule is C[C@@H]1CCC[NH+](Cc2nc3c(c(=O)n(C)c(=O)n3C)n2Cc2ccccc2F)C1. The maximum atomic E-state index is 14.4. The van der Waals surface area contributed by atoms with Crippen molar-refractivity contribution < 1.29 is 9.29 Å². The minimum Gasteiger partial charge on any atom is -0.328 e. The summed E-state index contributed by atoms with van der Waals surface area (Å²) in [7, 11) is 3.08. The van der Waals surface area contributed by atoms with Crippen molar-refractivity contribution in [2.24, 2.45) is 20.0 Å². The summed E-state index contributed by atoms with van der Waals surface area (Å²) < 4.78 is 18.6. The molecule has 3 aromatic rings. The molecule has 1 aliphatic heterocycles. The molecule has 0 bridgehead atoms. The largest absolute Gasteiger partial charge is 0.332 e. The zero-order valence-electron chi connectivity index (χ0n) is 17.1. The number of rotatable bonds is 4. The number of fused-ring (bicyclic) bond motifs is 1. The molecule has 2 atom stereocenters. The van der Waals surface area contributed by atoms with Gasteiger partial charge in [0.1, 0.15) is 12.4 Å². The van der Waals surface area contributed by atoms with E-state index < -0.39 is 11.2 Å². The zero-order valence-corrected chi connectivity index (χ0v) is 17.1. The fraction of sp³-hybridized carbons (Fsp3) is 0.476. The topological polar surface area (TPSA) is 66.3 Å².